The SMILES string of the molecule is C/C=C(\N=C(C)c1cn[nH]c1)C(=O)Nc1cn(C)nc1C#N. The third kappa shape index (κ3) is 3.27. The molecule has 2 aromatic heterocycles. The second-order valence-corrected chi connectivity index (χ2v) is 4.49. The van der Waals surface area contributed by atoms with Crippen molar-refractivity contribution < 1.29 is 4.79 Å². The Kier molecular flexibility index (Phi) is 4.48. The van der Waals surface area contributed by atoms with Crippen LogP contribution in [0.5, 0.6) is 0 Å². The van der Waals surface area contributed by atoms with Gasteiger partial charge in [0.05, 0.1) is 11.9 Å². The van der Waals surface area contributed by atoms with Crippen molar-refractivity contribution in [1.82, 2.24) is 20.0 Å². The number of hydrogen-bond acceptors (Lipinski definition) is 5. The Morgan fingerprint density at radius 1 is 1.59 bits per heavy atom. The van der Waals surface area contributed by atoms with E-state index < -0.39 is 5.91 Å². The maximum atomic E-state index is 12.3. The topological polar surface area (TPSA) is 112 Å². The monoisotopic (exact) mass is 297 g/mol. The molecule has 0 aliphatic carbocycles. The Morgan fingerprint density at radius 2 is 2.36 bits per heavy atom. The van der Waals surface area contributed by atoms with Gasteiger partial charge in [-0.25, -0.2) is 4.99 Å². The standard InChI is InChI=1S/C14H15N7O/c1-4-11(18-9(2)10-6-16-17-7-10)14(22)19-13-8-21(3)20-12(13)5-15/h4,6-8H,1-3H3,(H,16,17)(H,19,22)/b11-4-,18-9?. The highest BCUT2D eigenvalue weighted by Crippen LogP contribution is 2.14. The van der Waals surface area contributed by atoms with Crippen LogP contribution in [0, 0.1) is 11.3 Å². The number of carbonyl (C=O) groups is 1. The number of nitrogens with one attached hydrogen (secondary N) is 2. The van der Waals surface area contributed by atoms with Crippen molar-refractivity contribution in [1.29, 1.82) is 5.26 Å². The molecule has 112 valence electrons. The maximum absolute atomic E-state index is 12.3. The summed E-state index contributed by atoms with van der Waals surface area (Å²) >= 11 is 0. The smallest absolute Gasteiger partial charge is 0.274 e. The normalized spacial score (nSPS) is 12.1. The summed E-state index contributed by atoms with van der Waals surface area (Å²) in [5, 5.41) is 22.1. The molecule has 0 radical (unpaired) electrons. The van der Waals surface area contributed by atoms with Crippen molar-refractivity contribution in [3.63, 3.8) is 0 Å². The zero-order chi connectivity index (χ0) is 16.1. The second-order valence-electron chi connectivity index (χ2n) is 4.49. The molecule has 22 heavy (non-hydrogen) atoms. The Labute approximate surface area is 127 Å². The van der Waals surface area contributed by atoms with Gasteiger partial charge in [0.25, 0.3) is 5.91 Å². The number of nitrogens with zero attached hydrogens (tertiary/aromatic N) is 5. The van der Waals surface area contributed by atoms with Crippen LogP contribution in [-0.2, 0) is 11.8 Å². The molecule has 1 amide bonds. The van der Waals surface area contributed by atoms with Crippen LogP contribution in [0.15, 0.2) is 35.4 Å². The highest BCUT2D eigenvalue weighted by atomic mass is 16.2. The zero-order valence-electron chi connectivity index (χ0n) is 12.5. The molecule has 0 aliphatic rings. The summed E-state index contributed by atoms with van der Waals surface area (Å²) < 4.78 is 1.46. The molecule has 0 aromatic carbocycles. The number of carbonyl (C=O) groups excluding carboxylic acids is 1. The fourth-order valence-electron chi connectivity index (χ4n) is 1.79. The van der Waals surface area contributed by atoms with E-state index in [4.69, 9.17) is 5.26 Å². The van der Waals surface area contributed by atoms with Crippen molar-refractivity contribution in [2.75, 3.05) is 5.32 Å². The number of amides is 1. The molecule has 0 fully saturated rings. The molecule has 0 aliphatic heterocycles. The quantitative estimate of drug-likeness (QED) is 0.655. The third-order valence-corrected chi connectivity index (χ3v) is 2.89. The fourth-order valence-corrected chi connectivity index (χ4v) is 1.79. The van der Waals surface area contributed by atoms with E-state index in [2.05, 4.69) is 25.6 Å². The van der Waals surface area contributed by atoms with Crippen molar-refractivity contribution >= 4 is 17.3 Å². The van der Waals surface area contributed by atoms with Gasteiger partial charge < -0.3 is 5.32 Å². The lowest BCUT2D eigenvalue weighted by Crippen LogP contribution is -2.14. The van der Waals surface area contributed by atoms with Gasteiger partial charge >= 0.3 is 0 Å². The maximum Gasteiger partial charge on any atom is 0.274 e. The summed E-state index contributed by atoms with van der Waals surface area (Å²) in [7, 11) is 1.67. The largest absolute Gasteiger partial charge is 0.317 e. The number of allylic oxidation sites excluding steroid dienone is 1. The van der Waals surface area contributed by atoms with Crippen LogP contribution < -0.4 is 5.32 Å². The molecule has 0 bridgehead atoms. The Bertz CT molecular complexity index is 775. The molecule has 8 heteroatoms. The average molecular weight is 297 g/mol. The van der Waals surface area contributed by atoms with Gasteiger partial charge in [-0.05, 0) is 13.8 Å². The molecule has 0 saturated carbocycles. The summed E-state index contributed by atoms with van der Waals surface area (Å²) in [6.07, 6.45) is 6.48. The van der Waals surface area contributed by atoms with Crippen molar-refractivity contribution in [2.24, 2.45) is 12.0 Å². The van der Waals surface area contributed by atoms with E-state index in [-0.39, 0.29) is 11.4 Å². The van der Waals surface area contributed by atoms with E-state index >= 15 is 0 Å². The zero-order valence-corrected chi connectivity index (χ0v) is 12.5. The van der Waals surface area contributed by atoms with Crippen LogP contribution in [0.2, 0.25) is 0 Å². The molecular formula is C14H15N7O. The van der Waals surface area contributed by atoms with Crippen LogP contribution >= 0.6 is 0 Å². The third-order valence-electron chi connectivity index (χ3n) is 2.89. The van der Waals surface area contributed by atoms with Crippen molar-refractivity contribution in [3.05, 3.63) is 41.6 Å². The van der Waals surface area contributed by atoms with Gasteiger partial charge in [0.1, 0.15) is 11.8 Å². The number of hydrogen-bond donors (Lipinski definition) is 2. The number of nitriles is 1. The number of anilines is 1. The summed E-state index contributed by atoms with van der Waals surface area (Å²) in [6, 6.07) is 1.93. The fraction of sp³-hybridized carbons (Fsp3) is 0.214. The lowest BCUT2D eigenvalue weighted by molar-refractivity contribution is -0.112. The Balaban J connectivity index is 2.20. The molecule has 0 unspecified atom stereocenters. The molecule has 8 nitrogen and oxygen atoms in total. The first-order chi connectivity index (χ1) is 10.5. The van der Waals surface area contributed by atoms with Gasteiger partial charge in [0.15, 0.2) is 5.69 Å². The minimum Gasteiger partial charge on any atom is -0.317 e. The van der Waals surface area contributed by atoms with Crippen LogP contribution in [-0.4, -0.2) is 31.6 Å². The number of aromatic amines is 1. The number of aryl methyl sites for hydroxylation is 1. The summed E-state index contributed by atoms with van der Waals surface area (Å²) in [6.45, 7) is 3.50. The van der Waals surface area contributed by atoms with Crippen molar-refractivity contribution in [2.45, 2.75) is 13.8 Å². The van der Waals surface area contributed by atoms with Gasteiger partial charge in [-0.1, -0.05) is 6.08 Å². The van der Waals surface area contributed by atoms with E-state index in [0.29, 0.717) is 11.4 Å². The van der Waals surface area contributed by atoms with E-state index in [9.17, 15) is 4.79 Å². The number of H-pyrrole nitrogens is 1. The van der Waals surface area contributed by atoms with E-state index in [0.717, 1.165) is 5.56 Å². The van der Waals surface area contributed by atoms with E-state index in [1.54, 1.807) is 45.6 Å². The molecular weight excluding hydrogens is 282 g/mol. The lowest BCUT2D eigenvalue weighted by atomic mass is 10.2. The van der Waals surface area contributed by atoms with Crippen LogP contribution in [0.3, 0.4) is 0 Å². The molecule has 0 atom stereocenters. The molecule has 2 N–H and O–H groups in total. The average Bonchev–Trinajstić information content (AvgIpc) is 3.13. The first-order valence-corrected chi connectivity index (χ1v) is 6.51. The lowest BCUT2D eigenvalue weighted by Gasteiger charge is -2.04. The number of aliphatic imine (C=N–C) groups is 1. The summed E-state index contributed by atoms with van der Waals surface area (Å²) in [4.78, 5) is 16.6. The minimum atomic E-state index is -0.408. The first-order valence-electron chi connectivity index (χ1n) is 6.51. The second kappa shape index (κ2) is 6.49. The Morgan fingerprint density at radius 3 is 2.95 bits per heavy atom. The van der Waals surface area contributed by atoms with Crippen LogP contribution in [0.1, 0.15) is 25.1 Å². The molecule has 2 rings (SSSR count). The number of rotatable bonds is 4. The van der Waals surface area contributed by atoms with E-state index in [1.807, 2.05) is 6.07 Å². The van der Waals surface area contributed by atoms with Crippen LogP contribution in [0.25, 0.3) is 0 Å². The van der Waals surface area contributed by atoms with Gasteiger partial charge in [-0.3, -0.25) is 14.6 Å². The van der Waals surface area contributed by atoms with E-state index in [1.165, 1.54) is 4.68 Å². The molecule has 2 aromatic rings. The molecule has 0 saturated heterocycles. The highest BCUT2D eigenvalue weighted by molar-refractivity contribution is 6.08. The minimum absolute atomic E-state index is 0.154. The summed E-state index contributed by atoms with van der Waals surface area (Å²) in [5.74, 6) is -0.408. The predicted octanol–water partition coefficient (Wildman–Crippen LogP) is 1.37. The van der Waals surface area contributed by atoms with Gasteiger partial charge in [0.2, 0.25) is 0 Å². The van der Waals surface area contributed by atoms with Gasteiger partial charge in [0, 0.05) is 30.7 Å². The molecule has 0 spiro atoms. The summed E-state index contributed by atoms with van der Waals surface area (Å²) in [5.41, 5.74) is 2.20. The predicted molar refractivity (Wildman–Crippen MR) is 81.1 cm³/mol. The van der Waals surface area contributed by atoms with Crippen molar-refractivity contribution in [3.8, 4) is 6.07 Å². The first kappa shape index (κ1) is 15.2. The van der Waals surface area contributed by atoms with Gasteiger partial charge in [-0.15, -0.1) is 0 Å². The highest BCUT2D eigenvalue weighted by Gasteiger charge is 2.14. The van der Waals surface area contributed by atoms with Gasteiger partial charge in [-0.2, -0.15) is 15.5 Å². The molecule has 2 heterocycles. The Hall–Kier alpha value is -3.21. The number of aromatic nitrogens is 4. The van der Waals surface area contributed by atoms with Crippen LogP contribution in [0.4, 0.5) is 5.69 Å².